The molecule has 0 N–H and O–H groups in total. The number of rotatable bonds is 3. The largest absolute Gasteiger partial charge is 0.368 e. The summed E-state index contributed by atoms with van der Waals surface area (Å²) in [5.74, 6) is 3.02. The highest BCUT2D eigenvalue weighted by Gasteiger charge is 2.31. The van der Waals surface area contributed by atoms with E-state index >= 15 is 0 Å². The van der Waals surface area contributed by atoms with Gasteiger partial charge in [-0.15, -0.1) is 0 Å². The number of aryl methyl sites for hydroxylation is 1. The summed E-state index contributed by atoms with van der Waals surface area (Å²) in [5.41, 5.74) is 4.11. The first kappa shape index (κ1) is 14.3. The molecule has 0 radical (unpaired) electrons. The Balaban J connectivity index is 1.38. The van der Waals surface area contributed by atoms with E-state index in [1.54, 1.807) is 0 Å². The predicted molar refractivity (Wildman–Crippen MR) is 96.9 cm³/mol. The number of aromatic nitrogens is 2. The molecule has 1 aliphatic heterocycles. The molecule has 2 fully saturated rings. The molecule has 1 aromatic carbocycles. The summed E-state index contributed by atoms with van der Waals surface area (Å²) in [4.78, 5) is 14.9. The summed E-state index contributed by atoms with van der Waals surface area (Å²) < 4.78 is 0. The fourth-order valence-corrected chi connectivity index (χ4v) is 4.03. The summed E-state index contributed by atoms with van der Waals surface area (Å²) in [6.07, 6.45) is 6.11. The number of hydrogen-bond donors (Lipinski definition) is 0. The lowest BCUT2D eigenvalue weighted by atomic mass is 10.2. The highest BCUT2D eigenvalue weighted by molar-refractivity contribution is 5.54. The van der Waals surface area contributed by atoms with Crippen molar-refractivity contribution in [2.75, 3.05) is 36.0 Å². The summed E-state index contributed by atoms with van der Waals surface area (Å²) in [6, 6.07) is 10.8. The van der Waals surface area contributed by atoms with E-state index in [2.05, 4.69) is 40.1 Å². The van der Waals surface area contributed by atoms with Gasteiger partial charge in [0.2, 0.25) is 0 Å². The third-order valence-corrected chi connectivity index (χ3v) is 5.57. The number of benzene rings is 1. The molecular formula is C20H24N4. The second kappa shape index (κ2) is 5.76. The van der Waals surface area contributed by atoms with E-state index in [4.69, 9.17) is 9.97 Å². The monoisotopic (exact) mass is 320 g/mol. The average Bonchev–Trinajstić information content (AvgIpc) is 3.39. The molecule has 1 saturated carbocycles. The van der Waals surface area contributed by atoms with Crippen LogP contribution < -0.4 is 9.80 Å². The lowest BCUT2D eigenvalue weighted by molar-refractivity contribution is 0.641. The Morgan fingerprint density at radius 3 is 2.33 bits per heavy atom. The van der Waals surface area contributed by atoms with Gasteiger partial charge in [-0.05, 0) is 44.2 Å². The molecule has 0 unspecified atom stereocenters. The Morgan fingerprint density at radius 2 is 1.58 bits per heavy atom. The van der Waals surface area contributed by atoms with Crippen LogP contribution in [-0.4, -0.2) is 36.1 Å². The van der Waals surface area contributed by atoms with Gasteiger partial charge in [0.25, 0.3) is 0 Å². The lowest BCUT2D eigenvalue weighted by Gasteiger charge is -2.37. The van der Waals surface area contributed by atoms with Crippen molar-refractivity contribution >= 4 is 11.5 Å². The fourth-order valence-electron chi connectivity index (χ4n) is 4.03. The SMILES string of the molecule is c1ccc(N2CCN(c3nc(C4CC4)nc4c3CCC4)CC2)cc1. The highest BCUT2D eigenvalue weighted by atomic mass is 15.3. The third kappa shape index (κ3) is 2.54. The number of piperazine rings is 1. The molecule has 0 bridgehead atoms. The molecule has 5 rings (SSSR count). The Morgan fingerprint density at radius 1 is 0.833 bits per heavy atom. The smallest absolute Gasteiger partial charge is 0.135 e. The predicted octanol–water partition coefficient (Wildman–Crippen LogP) is 3.17. The van der Waals surface area contributed by atoms with E-state index in [0.717, 1.165) is 44.8 Å². The van der Waals surface area contributed by atoms with E-state index in [-0.39, 0.29) is 0 Å². The van der Waals surface area contributed by atoms with E-state index in [9.17, 15) is 0 Å². The molecule has 124 valence electrons. The van der Waals surface area contributed by atoms with Gasteiger partial charge < -0.3 is 9.80 Å². The first-order chi connectivity index (χ1) is 11.9. The van der Waals surface area contributed by atoms with Gasteiger partial charge >= 0.3 is 0 Å². The summed E-state index contributed by atoms with van der Waals surface area (Å²) in [5, 5.41) is 0. The third-order valence-electron chi connectivity index (χ3n) is 5.57. The van der Waals surface area contributed by atoms with E-state index in [0.29, 0.717) is 5.92 Å². The van der Waals surface area contributed by atoms with Gasteiger partial charge in [0.1, 0.15) is 11.6 Å². The number of hydrogen-bond acceptors (Lipinski definition) is 4. The zero-order valence-electron chi connectivity index (χ0n) is 14.1. The van der Waals surface area contributed by atoms with Crippen molar-refractivity contribution < 1.29 is 0 Å². The van der Waals surface area contributed by atoms with Crippen molar-refractivity contribution in [1.29, 1.82) is 0 Å². The molecule has 3 aliphatic rings. The molecule has 2 aromatic rings. The fraction of sp³-hybridized carbons (Fsp3) is 0.500. The number of fused-ring (bicyclic) bond motifs is 1. The van der Waals surface area contributed by atoms with Crippen LogP contribution in [0.2, 0.25) is 0 Å². The van der Waals surface area contributed by atoms with Crippen LogP contribution >= 0.6 is 0 Å². The molecule has 4 nitrogen and oxygen atoms in total. The molecule has 0 spiro atoms. The first-order valence-corrected chi connectivity index (χ1v) is 9.33. The molecule has 1 aromatic heterocycles. The normalized spacial score (nSPS) is 20.3. The van der Waals surface area contributed by atoms with Gasteiger partial charge in [-0.3, -0.25) is 0 Å². The quantitative estimate of drug-likeness (QED) is 0.869. The minimum Gasteiger partial charge on any atom is -0.368 e. The van der Waals surface area contributed by atoms with Gasteiger partial charge in [-0.1, -0.05) is 18.2 Å². The average molecular weight is 320 g/mol. The Kier molecular flexibility index (Phi) is 3.42. The van der Waals surface area contributed by atoms with Crippen LogP contribution in [0.15, 0.2) is 30.3 Å². The van der Waals surface area contributed by atoms with Crippen LogP contribution in [0.3, 0.4) is 0 Å². The van der Waals surface area contributed by atoms with Gasteiger partial charge in [0.05, 0.1) is 0 Å². The van der Waals surface area contributed by atoms with Gasteiger partial charge in [0.15, 0.2) is 0 Å². The van der Waals surface area contributed by atoms with Crippen molar-refractivity contribution in [2.24, 2.45) is 0 Å². The van der Waals surface area contributed by atoms with Gasteiger partial charge in [-0.25, -0.2) is 9.97 Å². The molecule has 2 aliphatic carbocycles. The topological polar surface area (TPSA) is 32.3 Å². The van der Waals surface area contributed by atoms with E-state index in [1.165, 1.54) is 42.0 Å². The molecule has 24 heavy (non-hydrogen) atoms. The van der Waals surface area contributed by atoms with Crippen molar-refractivity contribution in [2.45, 2.75) is 38.0 Å². The number of para-hydroxylation sites is 1. The zero-order chi connectivity index (χ0) is 15.9. The first-order valence-electron chi connectivity index (χ1n) is 9.33. The molecular weight excluding hydrogens is 296 g/mol. The van der Waals surface area contributed by atoms with Crippen molar-refractivity contribution in [3.8, 4) is 0 Å². The number of anilines is 2. The molecule has 0 amide bonds. The molecule has 2 heterocycles. The Hall–Kier alpha value is -2.10. The maximum Gasteiger partial charge on any atom is 0.135 e. The second-order valence-corrected chi connectivity index (χ2v) is 7.27. The minimum atomic E-state index is 0.639. The summed E-state index contributed by atoms with van der Waals surface area (Å²) in [7, 11) is 0. The standard InChI is InChI=1S/C20H24N4/c1-2-5-16(6-3-1)23-11-13-24(14-12-23)20-17-7-4-8-18(17)21-19(22-20)15-9-10-15/h1-3,5-6,15H,4,7-14H2. The van der Waals surface area contributed by atoms with Crippen LogP contribution in [0, 0.1) is 0 Å². The van der Waals surface area contributed by atoms with Crippen molar-refractivity contribution in [1.82, 2.24) is 9.97 Å². The van der Waals surface area contributed by atoms with Gasteiger partial charge in [0, 0.05) is 49.0 Å². The summed E-state index contributed by atoms with van der Waals surface area (Å²) >= 11 is 0. The van der Waals surface area contributed by atoms with Crippen LogP contribution in [0.4, 0.5) is 11.5 Å². The molecule has 0 atom stereocenters. The highest BCUT2D eigenvalue weighted by Crippen LogP contribution is 2.40. The van der Waals surface area contributed by atoms with Crippen molar-refractivity contribution in [3.63, 3.8) is 0 Å². The maximum absolute atomic E-state index is 5.02. The lowest BCUT2D eigenvalue weighted by Crippen LogP contribution is -2.47. The van der Waals surface area contributed by atoms with Crippen LogP contribution in [0.5, 0.6) is 0 Å². The maximum atomic E-state index is 5.02. The molecule has 4 heteroatoms. The van der Waals surface area contributed by atoms with Crippen LogP contribution in [-0.2, 0) is 12.8 Å². The van der Waals surface area contributed by atoms with Crippen molar-refractivity contribution in [3.05, 3.63) is 47.4 Å². The van der Waals surface area contributed by atoms with E-state index in [1.807, 2.05) is 0 Å². The molecule has 1 saturated heterocycles. The minimum absolute atomic E-state index is 0.639. The zero-order valence-corrected chi connectivity index (χ0v) is 14.1. The van der Waals surface area contributed by atoms with Gasteiger partial charge in [-0.2, -0.15) is 0 Å². The van der Waals surface area contributed by atoms with Crippen LogP contribution in [0.1, 0.15) is 42.3 Å². The Bertz CT molecular complexity index is 731. The Labute approximate surface area is 143 Å². The van der Waals surface area contributed by atoms with Crippen LogP contribution in [0.25, 0.3) is 0 Å². The second-order valence-electron chi connectivity index (χ2n) is 7.27. The van der Waals surface area contributed by atoms with E-state index < -0.39 is 0 Å². The number of nitrogens with zero attached hydrogens (tertiary/aromatic N) is 4. The summed E-state index contributed by atoms with van der Waals surface area (Å²) in [6.45, 7) is 4.26.